The maximum atomic E-state index is 10.1. The molecule has 0 saturated heterocycles. The van der Waals surface area contributed by atoms with Crippen molar-refractivity contribution in [3.05, 3.63) is 17.5 Å². The molecule has 1 aromatic heterocycles. The summed E-state index contributed by atoms with van der Waals surface area (Å²) >= 11 is 0. The lowest BCUT2D eigenvalue weighted by molar-refractivity contribution is 0.0685. The Labute approximate surface area is 56.4 Å². The molecule has 1 rings (SSSR count). The molecule has 10 heavy (non-hydrogen) atoms. The second-order valence-corrected chi connectivity index (χ2v) is 1.53. The lowest BCUT2D eigenvalue weighted by Gasteiger charge is -1.75. The van der Waals surface area contributed by atoms with Gasteiger partial charge < -0.3 is 9.63 Å². The van der Waals surface area contributed by atoms with Crippen molar-refractivity contribution in [3.63, 3.8) is 0 Å². The van der Waals surface area contributed by atoms with Crippen LogP contribution in [0.1, 0.15) is 16.2 Å². The summed E-state index contributed by atoms with van der Waals surface area (Å²) in [6, 6.07) is 1.18. The topological polar surface area (TPSA) is 63.3 Å². The first-order valence-electron chi connectivity index (χ1n) is 2.40. The van der Waals surface area contributed by atoms with Crippen LogP contribution >= 0.6 is 0 Å². The van der Waals surface area contributed by atoms with E-state index in [1.165, 1.54) is 6.07 Å². The molecule has 4 nitrogen and oxygen atoms in total. The van der Waals surface area contributed by atoms with E-state index in [4.69, 9.17) is 11.5 Å². The number of hydrogen-bond donors (Lipinski definition) is 1. The van der Waals surface area contributed by atoms with Gasteiger partial charge in [0, 0.05) is 6.07 Å². The zero-order chi connectivity index (χ0) is 7.56. The van der Waals surface area contributed by atoms with E-state index >= 15 is 0 Å². The van der Waals surface area contributed by atoms with Gasteiger partial charge in [-0.2, -0.15) is 0 Å². The van der Waals surface area contributed by atoms with Crippen molar-refractivity contribution >= 4 is 5.97 Å². The quantitative estimate of drug-likeness (QED) is 0.567. The van der Waals surface area contributed by atoms with E-state index in [1.54, 1.807) is 0 Å². The highest BCUT2D eigenvalue weighted by atomic mass is 16.5. The van der Waals surface area contributed by atoms with Crippen LogP contribution in [-0.2, 0) is 0 Å². The molecule has 0 spiro atoms. The summed E-state index contributed by atoms with van der Waals surface area (Å²) in [5.74, 6) is 1.08. The van der Waals surface area contributed by atoms with Gasteiger partial charge in [-0.3, -0.25) is 0 Å². The minimum atomic E-state index is -1.15. The van der Waals surface area contributed by atoms with Gasteiger partial charge in [-0.1, -0.05) is 5.16 Å². The molecule has 50 valence electrons. The molecular weight excluding hydrogens is 134 g/mol. The summed E-state index contributed by atoms with van der Waals surface area (Å²) < 4.78 is 4.41. The molecule has 0 saturated carbocycles. The molecule has 0 radical (unpaired) electrons. The third-order valence-electron chi connectivity index (χ3n) is 0.872. The first-order chi connectivity index (χ1) is 4.74. The second kappa shape index (κ2) is 2.23. The standard InChI is InChI=1S/C6H3NO3/c1-2-4-3-5(6(8)9)7-10-4/h1,3H,(H,8,9). The van der Waals surface area contributed by atoms with E-state index in [0.717, 1.165) is 0 Å². The first-order valence-corrected chi connectivity index (χ1v) is 2.40. The van der Waals surface area contributed by atoms with Gasteiger partial charge in [-0.25, -0.2) is 4.79 Å². The Kier molecular flexibility index (Phi) is 1.42. The molecular formula is C6H3NO3. The normalized spacial score (nSPS) is 8.70. The molecule has 0 aliphatic heterocycles. The SMILES string of the molecule is C#Cc1cc(C(=O)O)no1. The molecule has 0 aliphatic rings. The van der Waals surface area contributed by atoms with Crippen molar-refractivity contribution in [2.24, 2.45) is 0 Å². The zero-order valence-electron chi connectivity index (χ0n) is 4.87. The van der Waals surface area contributed by atoms with E-state index < -0.39 is 5.97 Å². The minimum Gasteiger partial charge on any atom is -0.476 e. The van der Waals surface area contributed by atoms with Crippen molar-refractivity contribution in [3.8, 4) is 12.3 Å². The minimum absolute atomic E-state index is 0.123. The molecule has 0 aliphatic carbocycles. The van der Waals surface area contributed by atoms with Crippen molar-refractivity contribution in [2.45, 2.75) is 0 Å². The van der Waals surface area contributed by atoms with Crippen LogP contribution in [-0.4, -0.2) is 16.2 Å². The number of aromatic carboxylic acids is 1. The van der Waals surface area contributed by atoms with Gasteiger partial charge in [0.1, 0.15) is 0 Å². The Balaban J connectivity index is 3.02. The van der Waals surface area contributed by atoms with E-state index in [0.29, 0.717) is 0 Å². The number of nitrogens with zero attached hydrogens (tertiary/aromatic N) is 1. The molecule has 0 unspecified atom stereocenters. The van der Waals surface area contributed by atoms with Gasteiger partial charge in [0.2, 0.25) is 5.76 Å². The Morgan fingerprint density at radius 2 is 2.60 bits per heavy atom. The van der Waals surface area contributed by atoms with Crippen LogP contribution in [0.25, 0.3) is 0 Å². The number of carboxylic acid groups (broad SMARTS) is 1. The van der Waals surface area contributed by atoms with Crippen molar-refractivity contribution < 1.29 is 14.4 Å². The summed E-state index contributed by atoms with van der Waals surface area (Å²) in [4.78, 5) is 10.1. The van der Waals surface area contributed by atoms with Gasteiger partial charge in [-0.15, -0.1) is 6.42 Å². The van der Waals surface area contributed by atoms with Gasteiger partial charge >= 0.3 is 5.97 Å². The van der Waals surface area contributed by atoms with Crippen LogP contribution in [0.3, 0.4) is 0 Å². The molecule has 1 heterocycles. The molecule has 4 heteroatoms. The van der Waals surface area contributed by atoms with Gasteiger partial charge in [0.15, 0.2) is 5.69 Å². The van der Waals surface area contributed by atoms with Crippen molar-refractivity contribution in [1.82, 2.24) is 5.16 Å². The van der Waals surface area contributed by atoms with E-state index in [2.05, 4.69) is 15.6 Å². The highest BCUT2D eigenvalue weighted by molar-refractivity contribution is 5.85. The summed E-state index contributed by atoms with van der Waals surface area (Å²) in [5, 5.41) is 11.5. The van der Waals surface area contributed by atoms with Crippen LogP contribution in [0.15, 0.2) is 10.6 Å². The van der Waals surface area contributed by atoms with Crippen LogP contribution < -0.4 is 0 Å². The Morgan fingerprint density at radius 1 is 1.90 bits per heavy atom. The van der Waals surface area contributed by atoms with Gasteiger partial charge in [0.05, 0.1) is 0 Å². The first kappa shape index (κ1) is 6.36. The Hall–Kier alpha value is -1.76. The lowest BCUT2D eigenvalue weighted by atomic mass is 10.4. The third kappa shape index (κ3) is 0.977. The third-order valence-corrected chi connectivity index (χ3v) is 0.872. The van der Waals surface area contributed by atoms with Crippen molar-refractivity contribution in [2.75, 3.05) is 0 Å². The number of hydrogen-bond acceptors (Lipinski definition) is 3. The summed E-state index contributed by atoms with van der Waals surface area (Å²) in [5.41, 5.74) is -0.173. The number of carbonyl (C=O) groups is 1. The predicted molar refractivity (Wildman–Crippen MR) is 31.4 cm³/mol. The summed E-state index contributed by atoms with van der Waals surface area (Å²) in [6.45, 7) is 0. The largest absolute Gasteiger partial charge is 0.476 e. The fraction of sp³-hybridized carbons (Fsp3) is 0. The number of carboxylic acids is 1. The van der Waals surface area contributed by atoms with Crippen LogP contribution in [0.2, 0.25) is 0 Å². The molecule has 1 aromatic rings. The van der Waals surface area contributed by atoms with Gasteiger partial charge in [0.25, 0.3) is 0 Å². The predicted octanol–water partition coefficient (Wildman–Crippen LogP) is 0.354. The maximum absolute atomic E-state index is 10.1. The molecule has 0 atom stereocenters. The fourth-order valence-corrected chi connectivity index (χ4v) is 0.444. The van der Waals surface area contributed by atoms with Crippen LogP contribution in [0, 0.1) is 12.3 Å². The highest BCUT2D eigenvalue weighted by Crippen LogP contribution is 2.00. The number of aromatic nitrogens is 1. The van der Waals surface area contributed by atoms with Crippen LogP contribution in [0.4, 0.5) is 0 Å². The number of rotatable bonds is 1. The maximum Gasteiger partial charge on any atom is 0.358 e. The van der Waals surface area contributed by atoms with E-state index in [9.17, 15) is 4.79 Å². The Bertz CT molecular complexity index is 294. The monoisotopic (exact) mass is 137 g/mol. The van der Waals surface area contributed by atoms with Crippen LogP contribution in [0.5, 0.6) is 0 Å². The van der Waals surface area contributed by atoms with E-state index in [-0.39, 0.29) is 11.5 Å². The highest BCUT2D eigenvalue weighted by Gasteiger charge is 2.07. The molecule has 0 bridgehead atoms. The van der Waals surface area contributed by atoms with Crippen molar-refractivity contribution in [1.29, 1.82) is 0 Å². The molecule has 0 aromatic carbocycles. The molecule has 1 N–H and O–H groups in total. The second-order valence-electron chi connectivity index (χ2n) is 1.53. The Morgan fingerprint density at radius 3 is 2.90 bits per heavy atom. The van der Waals surface area contributed by atoms with E-state index in [1.807, 2.05) is 0 Å². The fourth-order valence-electron chi connectivity index (χ4n) is 0.444. The summed E-state index contributed by atoms with van der Waals surface area (Å²) in [6.07, 6.45) is 4.89. The zero-order valence-corrected chi connectivity index (χ0v) is 4.87. The number of terminal acetylenes is 1. The molecule has 0 amide bonds. The summed E-state index contributed by atoms with van der Waals surface area (Å²) in [7, 11) is 0. The van der Waals surface area contributed by atoms with Gasteiger partial charge in [-0.05, 0) is 5.92 Å². The molecule has 0 fully saturated rings. The lowest BCUT2D eigenvalue weighted by Crippen LogP contribution is -1.94. The average molecular weight is 137 g/mol. The average Bonchev–Trinajstić information content (AvgIpc) is 2.34. The smallest absolute Gasteiger partial charge is 0.358 e.